The highest BCUT2D eigenvalue weighted by atomic mass is 32.2. The number of hydrogen-bond acceptors (Lipinski definition) is 5. The molecule has 5 nitrogen and oxygen atoms in total. The minimum absolute atomic E-state index is 0.108. The predicted octanol–water partition coefficient (Wildman–Crippen LogP) is 0.862. The van der Waals surface area contributed by atoms with E-state index in [-0.39, 0.29) is 4.90 Å². The average molecular weight is 258 g/mol. The summed E-state index contributed by atoms with van der Waals surface area (Å²) in [7, 11) is -4.14. The van der Waals surface area contributed by atoms with Gasteiger partial charge in [-0.05, 0) is 31.0 Å². The predicted molar refractivity (Wildman–Crippen MR) is 60.8 cm³/mol. The zero-order chi connectivity index (χ0) is 13.1. The molecular formula is C11H14O5S. The quantitative estimate of drug-likeness (QED) is 0.810. The Balaban J connectivity index is 2.93. The number of hydrogen-bond donors (Lipinski definition) is 1. The molecule has 0 aliphatic heterocycles. The van der Waals surface area contributed by atoms with Crippen molar-refractivity contribution in [3.8, 4) is 0 Å². The standard InChI is InChI=1S/C11H14O5S/c1-3-9-4-6-10(7-5-9)17(14,15)16-11(13)8(2)12/h4-8,12H,3H2,1-2H3. The lowest BCUT2D eigenvalue weighted by Crippen LogP contribution is -2.23. The van der Waals surface area contributed by atoms with Gasteiger partial charge in [-0.3, -0.25) is 0 Å². The lowest BCUT2D eigenvalue weighted by atomic mass is 10.2. The maximum Gasteiger partial charge on any atom is 0.350 e. The summed E-state index contributed by atoms with van der Waals surface area (Å²) in [5, 5.41) is 8.87. The Bertz CT molecular complexity index is 487. The Morgan fingerprint density at radius 3 is 2.29 bits per heavy atom. The van der Waals surface area contributed by atoms with Crippen LogP contribution in [0.4, 0.5) is 0 Å². The van der Waals surface area contributed by atoms with Gasteiger partial charge in [-0.15, -0.1) is 0 Å². The van der Waals surface area contributed by atoms with Crippen molar-refractivity contribution in [2.75, 3.05) is 0 Å². The number of benzene rings is 1. The first-order valence-electron chi connectivity index (χ1n) is 5.12. The summed E-state index contributed by atoms with van der Waals surface area (Å²) in [6.45, 7) is 3.08. The van der Waals surface area contributed by atoms with Crippen LogP contribution in [0.1, 0.15) is 19.4 Å². The monoisotopic (exact) mass is 258 g/mol. The zero-order valence-corrected chi connectivity index (χ0v) is 10.4. The van der Waals surface area contributed by atoms with Crippen molar-refractivity contribution in [3.05, 3.63) is 29.8 Å². The third kappa shape index (κ3) is 3.54. The lowest BCUT2D eigenvalue weighted by Gasteiger charge is -2.07. The number of aliphatic hydroxyl groups excluding tert-OH is 1. The van der Waals surface area contributed by atoms with Crippen molar-refractivity contribution >= 4 is 16.1 Å². The fourth-order valence-corrected chi connectivity index (χ4v) is 2.04. The number of rotatable bonds is 4. The van der Waals surface area contributed by atoms with Gasteiger partial charge in [-0.1, -0.05) is 19.1 Å². The van der Waals surface area contributed by atoms with Gasteiger partial charge in [0.25, 0.3) is 0 Å². The summed E-state index contributed by atoms with van der Waals surface area (Å²) in [6, 6.07) is 6.01. The van der Waals surface area contributed by atoms with E-state index in [4.69, 9.17) is 5.11 Å². The highest BCUT2D eigenvalue weighted by Crippen LogP contribution is 2.14. The van der Waals surface area contributed by atoms with E-state index in [0.717, 1.165) is 18.9 Å². The minimum atomic E-state index is -4.14. The molecular weight excluding hydrogens is 244 g/mol. The van der Waals surface area contributed by atoms with Crippen LogP contribution in [0.15, 0.2) is 29.2 Å². The molecule has 94 valence electrons. The Labute approximate surface area is 100 Å². The van der Waals surface area contributed by atoms with Gasteiger partial charge >= 0.3 is 16.1 Å². The third-order valence-electron chi connectivity index (χ3n) is 2.15. The second-order valence-electron chi connectivity index (χ2n) is 3.53. The van der Waals surface area contributed by atoms with E-state index < -0.39 is 22.2 Å². The van der Waals surface area contributed by atoms with Crippen LogP contribution in [0.5, 0.6) is 0 Å². The topological polar surface area (TPSA) is 80.7 Å². The van der Waals surface area contributed by atoms with Gasteiger partial charge in [0.1, 0.15) is 11.0 Å². The van der Waals surface area contributed by atoms with Gasteiger partial charge < -0.3 is 9.29 Å². The van der Waals surface area contributed by atoms with E-state index in [2.05, 4.69) is 4.18 Å². The molecule has 0 aliphatic rings. The summed E-state index contributed by atoms with van der Waals surface area (Å²) in [5.41, 5.74) is 0.978. The van der Waals surface area contributed by atoms with Crippen LogP contribution >= 0.6 is 0 Å². The van der Waals surface area contributed by atoms with E-state index >= 15 is 0 Å². The van der Waals surface area contributed by atoms with Crippen molar-refractivity contribution in [2.24, 2.45) is 0 Å². The maximum absolute atomic E-state index is 11.6. The molecule has 0 saturated carbocycles. The molecule has 1 N–H and O–H groups in total. The fraction of sp³-hybridized carbons (Fsp3) is 0.364. The van der Waals surface area contributed by atoms with E-state index in [1.54, 1.807) is 12.1 Å². The third-order valence-corrected chi connectivity index (χ3v) is 3.39. The smallest absolute Gasteiger partial charge is 0.350 e. The largest absolute Gasteiger partial charge is 0.382 e. The van der Waals surface area contributed by atoms with Crippen molar-refractivity contribution in [1.82, 2.24) is 0 Å². The summed E-state index contributed by atoms with van der Waals surface area (Å²) < 4.78 is 27.4. The van der Waals surface area contributed by atoms with Gasteiger partial charge in [0.2, 0.25) is 0 Å². The molecule has 0 radical (unpaired) electrons. The molecule has 0 aromatic heterocycles. The summed E-state index contributed by atoms with van der Waals surface area (Å²) in [5.74, 6) is -1.19. The molecule has 0 heterocycles. The van der Waals surface area contributed by atoms with E-state index in [1.165, 1.54) is 12.1 Å². The van der Waals surface area contributed by atoms with E-state index in [0.29, 0.717) is 0 Å². The highest BCUT2D eigenvalue weighted by Gasteiger charge is 2.22. The molecule has 0 aliphatic carbocycles. The zero-order valence-electron chi connectivity index (χ0n) is 9.58. The summed E-state index contributed by atoms with van der Waals surface area (Å²) in [4.78, 5) is 10.9. The van der Waals surface area contributed by atoms with Gasteiger partial charge in [0, 0.05) is 0 Å². The first-order chi connectivity index (χ1) is 7.86. The van der Waals surface area contributed by atoms with Crippen LogP contribution in [0.2, 0.25) is 0 Å². The second kappa shape index (κ2) is 5.29. The Morgan fingerprint density at radius 2 is 1.88 bits per heavy atom. The number of aliphatic hydroxyl groups is 1. The van der Waals surface area contributed by atoms with Crippen LogP contribution in [0, 0.1) is 0 Å². The normalized spacial score (nSPS) is 13.1. The molecule has 0 bridgehead atoms. The van der Waals surface area contributed by atoms with E-state index in [1.807, 2.05) is 6.92 Å². The van der Waals surface area contributed by atoms with Crippen LogP contribution < -0.4 is 0 Å². The molecule has 1 rings (SSSR count). The molecule has 1 unspecified atom stereocenters. The molecule has 0 saturated heterocycles. The number of aryl methyl sites for hydroxylation is 1. The molecule has 0 amide bonds. The average Bonchev–Trinajstić information content (AvgIpc) is 2.28. The molecule has 0 spiro atoms. The Hall–Kier alpha value is -1.40. The molecule has 1 atom stereocenters. The Kier molecular flexibility index (Phi) is 4.25. The molecule has 0 fully saturated rings. The summed E-state index contributed by atoms with van der Waals surface area (Å²) in [6.07, 6.45) is -0.687. The van der Waals surface area contributed by atoms with Crippen LogP contribution in [-0.4, -0.2) is 25.6 Å². The van der Waals surface area contributed by atoms with Crippen LogP contribution in [-0.2, 0) is 25.5 Å². The van der Waals surface area contributed by atoms with Gasteiger partial charge in [0.15, 0.2) is 0 Å². The fourth-order valence-electron chi connectivity index (χ4n) is 1.12. The minimum Gasteiger partial charge on any atom is -0.382 e. The van der Waals surface area contributed by atoms with Gasteiger partial charge in [0.05, 0.1) is 0 Å². The van der Waals surface area contributed by atoms with Crippen LogP contribution in [0.25, 0.3) is 0 Å². The maximum atomic E-state index is 11.6. The highest BCUT2D eigenvalue weighted by molar-refractivity contribution is 7.87. The molecule has 17 heavy (non-hydrogen) atoms. The SMILES string of the molecule is CCc1ccc(S(=O)(=O)OC(=O)C(C)O)cc1. The Morgan fingerprint density at radius 1 is 1.35 bits per heavy atom. The van der Waals surface area contributed by atoms with E-state index in [9.17, 15) is 13.2 Å². The first-order valence-corrected chi connectivity index (χ1v) is 6.53. The molecule has 1 aromatic carbocycles. The first kappa shape index (κ1) is 13.7. The van der Waals surface area contributed by atoms with Crippen molar-refractivity contribution in [1.29, 1.82) is 0 Å². The molecule has 1 aromatic rings. The second-order valence-corrected chi connectivity index (χ2v) is 5.08. The lowest BCUT2D eigenvalue weighted by molar-refractivity contribution is -0.142. The van der Waals surface area contributed by atoms with Crippen molar-refractivity contribution < 1.29 is 22.5 Å². The molecule has 6 heteroatoms. The van der Waals surface area contributed by atoms with Gasteiger partial charge in [-0.25, -0.2) is 4.79 Å². The van der Waals surface area contributed by atoms with Gasteiger partial charge in [-0.2, -0.15) is 8.42 Å². The summed E-state index contributed by atoms with van der Waals surface area (Å²) >= 11 is 0. The van der Waals surface area contributed by atoms with Crippen LogP contribution in [0.3, 0.4) is 0 Å². The van der Waals surface area contributed by atoms with Crippen molar-refractivity contribution in [2.45, 2.75) is 31.3 Å². The van der Waals surface area contributed by atoms with Crippen molar-refractivity contribution in [3.63, 3.8) is 0 Å². The number of carbonyl (C=O) groups excluding carboxylic acids is 1. The number of carbonyl (C=O) groups is 1.